The van der Waals surface area contributed by atoms with E-state index in [1.807, 2.05) is 11.3 Å². The second-order valence-corrected chi connectivity index (χ2v) is 7.31. The van der Waals surface area contributed by atoms with Crippen LogP contribution < -0.4 is 5.32 Å². The third kappa shape index (κ3) is 3.61. The van der Waals surface area contributed by atoms with Crippen molar-refractivity contribution in [2.75, 3.05) is 32.8 Å². The molecular formula is C16H26N2OS. The molecular weight excluding hydrogens is 268 g/mol. The Morgan fingerprint density at radius 2 is 2.25 bits per heavy atom. The summed E-state index contributed by atoms with van der Waals surface area (Å²) in [4.78, 5) is 3.93. The minimum atomic E-state index is 0.270. The lowest BCUT2D eigenvalue weighted by atomic mass is 9.85. The van der Waals surface area contributed by atoms with Gasteiger partial charge in [-0.15, -0.1) is 11.3 Å². The van der Waals surface area contributed by atoms with Crippen LogP contribution in [-0.4, -0.2) is 48.8 Å². The Kier molecular flexibility index (Phi) is 5.10. The fourth-order valence-corrected chi connectivity index (χ4v) is 4.26. The fraction of sp³-hybridized carbons (Fsp3) is 0.750. The molecule has 1 saturated carbocycles. The number of nitrogens with one attached hydrogen (secondary N) is 1. The van der Waals surface area contributed by atoms with Gasteiger partial charge in [-0.3, -0.25) is 4.90 Å². The van der Waals surface area contributed by atoms with E-state index in [0.717, 1.165) is 25.6 Å². The van der Waals surface area contributed by atoms with Gasteiger partial charge in [-0.05, 0) is 43.2 Å². The molecule has 1 aliphatic heterocycles. The maximum Gasteiger partial charge on any atom is 0.0558 e. The number of nitrogens with zero attached hydrogens (tertiary/aromatic N) is 1. The fourth-order valence-electron chi connectivity index (χ4n) is 3.42. The van der Waals surface area contributed by atoms with Gasteiger partial charge in [0, 0.05) is 36.5 Å². The van der Waals surface area contributed by atoms with Crippen LogP contribution in [0.15, 0.2) is 17.5 Å². The van der Waals surface area contributed by atoms with Crippen LogP contribution in [0.2, 0.25) is 0 Å². The molecule has 4 heteroatoms. The predicted octanol–water partition coefficient (Wildman–Crippen LogP) is 2.29. The second kappa shape index (κ2) is 7.03. The molecule has 1 saturated heterocycles. The van der Waals surface area contributed by atoms with Crippen molar-refractivity contribution < 1.29 is 5.11 Å². The molecule has 0 amide bonds. The third-order valence-electron chi connectivity index (χ3n) is 4.81. The SMILES string of the molecule is OCCN1CC(NCC2CCC2)CC(c2cccs2)C1. The molecule has 2 heterocycles. The van der Waals surface area contributed by atoms with E-state index >= 15 is 0 Å². The van der Waals surface area contributed by atoms with Gasteiger partial charge in [-0.2, -0.15) is 0 Å². The Labute approximate surface area is 126 Å². The molecule has 0 aromatic carbocycles. The Balaban J connectivity index is 1.57. The van der Waals surface area contributed by atoms with Crippen molar-refractivity contribution in [3.8, 4) is 0 Å². The zero-order chi connectivity index (χ0) is 13.8. The molecule has 20 heavy (non-hydrogen) atoms. The number of likely N-dealkylation sites (tertiary alicyclic amines) is 1. The van der Waals surface area contributed by atoms with Crippen molar-refractivity contribution in [2.24, 2.45) is 5.92 Å². The van der Waals surface area contributed by atoms with Crippen molar-refractivity contribution in [1.82, 2.24) is 10.2 Å². The van der Waals surface area contributed by atoms with Crippen molar-refractivity contribution in [1.29, 1.82) is 0 Å². The second-order valence-electron chi connectivity index (χ2n) is 6.33. The Morgan fingerprint density at radius 1 is 1.35 bits per heavy atom. The molecule has 1 aromatic heterocycles. The smallest absolute Gasteiger partial charge is 0.0558 e. The number of hydrogen-bond acceptors (Lipinski definition) is 4. The van der Waals surface area contributed by atoms with Gasteiger partial charge in [0.15, 0.2) is 0 Å². The number of β-amino-alcohol motifs (C(OH)–C–C–N with tert-alkyl or cyclic N) is 1. The molecule has 3 rings (SSSR count). The summed E-state index contributed by atoms with van der Waals surface area (Å²) < 4.78 is 0. The lowest BCUT2D eigenvalue weighted by Gasteiger charge is -2.39. The van der Waals surface area contributed by atoms with Gasteiger partial charge >= 0.3 is 0 Å². The molecule has 112 valence electrons. The lowest BCUT2D eigenvalue weighted by molar-refractivity contribution is 0.134. The summed E-state index contributed by atoms with van der Waals surface area (Å²) in [5.41, 5.74) is 0. The molecule has 2 N–H and O–H groups in total. The largest absolute Gasteiger partial charge is 0.395 e. The summed E-state index contributed by atoms with van der Waals surface area (Å²) in [6, 6.07) is 5.01. The first kappa shape index (κ1) is 14.5. The lowest BCUT2D eigenvalue weighted by Crippen LogP contribution is -2.50. The van der Waals surface area contributed by atoms with Gasteiger partial charge in [0.05, 0.1) is 6.61 Å². The van der Waals surface area contributed by atoms with Crippen LogP contribution in [0.4, 0.5) is 0 Å². The Hall–Kier alpha value is -0.420. The van der Waals surface area contributed by atoms with E-state index in [0.29, 0.717) is 12.0 Å². The Morgan fingerprint density at radius 3 is 2.90 bits per heavy atom. The monoisotopic (exact) mass is 294 g/mol. The number of rotatable bonds is 6. The molecule has 1 aliphatic carbocycles. The maximum absolute atomic E-state index is 9.23. The van der Waals surface area contributed by atoms with E-state index in [1.54, 1.807) is 0 Å². The van der Waals surface area contributed by atoms with Gasteiger partial charge in [0.1, 0.15) is 0 Å². The van der Waals surface area contributed by atoms with Crippen molar-refractivity contribution >= 4 is 11.3 Å². The van der Waals surface area contributed by atoms with Gasteiger partial charge < -0.3 is 10.4 Å². The third-order valence-corrected chi connectivity index (χ3v) is 5.84. The number of aliphatic hydroxyl groups is 1. The maximum atomic E-state index is 9.23. The quantitative estimate of drug-likeness (QED) is 0.845. The molecule has 3 nitrogen and oxygen atoms in total. The van der Waals surface area contributed by atoms with Crippen LogP contribution in [0.1, 0.15) is 36.5 Å². The summed E-state index contributed by atoms with van der Waals surface area (Å²) in [7, 11) is 0. The van der Waals surface area contributed by atoms with Crippen LogP contribution in [0.5, 0.6) is 0 Å². The van der Waals surface area contributed by atoms with Gasteiger partial charge in [-0.25, -0.2) is 0 Å². The minimum absolute atomic E-state index is 0.270. The highest BCUT2D eigenvalue weighted by atomic mass is 32.1. The highest BCUT2D eigenvalue weighted by molar-refractivity contribution is 7.10. The molecule has 0 bridgehead atoms. The van der Waals surface area contributed by atoms with E-state index in [1.165, 1.54) is 37.1 Å². The normalized spacial score (nSPS) is 28.4. The standard InChI is InChI=1S/C16H26N2OS/c19-7-6-18-11-14(16-5-2-8-20-16)9-15(12-18)17-10-13-3-1-4-13/h2,5,8,13-15,17,19H,1,3-4,6-7,9-12H2. The van der Waals surface area contributed by atoms with Gasteiger partial charge in [-0.1, -0.05) is 12.5 Å². The summed E-state index contributed by atoms with van der Waals surface area (Å²) >= 11 is 1.87. The number of hydrogen-bond donors (Lipinski definition) is 2. The Bertz CT molecular complexity index is 391. The number of thiophene rings is 1. The topological polar surface area (TPSA) is 35.5 Å². The summed E-state index contributed by atoms with van der Waals surface area (Å²) in [6.45, 7) is 4.46. The van der Waals surface area contributed by atoms with E-state index < -0.39 is 0 Å². The molecule has 2 atom stereocenters. The predicted molar refractivity (Wildman–Crippen MR) is 84.3 cm³/mol. The molecule has 2 fully saturated rings. The first-order chi connectivity index (χ1) is 9.85. The van der Waals surface area contributed by atoms with E-state index in [4.69, 9.17) is 0 Å². The first-order valence-electron chi connectivity index (χ1n) is 7.95. The van der Waals surface area contributed by atoms with Crippen LogP contribution in [0, 0.1) is 5.92 Å². The van der Waals surface area contributed by atoms with Gasteiger partial charge in [0.25, 0.3) is 0 Å². The minimum Gasteiger partial charge on any atom is -0.395 e. The molecule has 2 unspecified atom stereocenters. The van der Waals surface area contributed by atoms with Crippen LogP contribution in [0.3, 0.4) is 0 Å². The summed E-state index contributed by atoms with van der Waals surface area (Å²) in [6.07, 6.45) is 5.49. The van der Waals surface area contributed by atoms with Gasteiger partial charge in [0.2, 0.25) is 0 Å². The molecule has 0 spiro atoms. The van der Waals surface area contributed by atoms with Crippen molar-refractivity contribution in [3.63, 3.8) is 0 Å². The number of piperidine rings is 1. The summed E-state index contributed by atoms with van der Waals surface area (Å²) in [5.74, 6) is 1.55. The highest BCUT2D eigenvalue weighted by Crippen LogP contribution is 2.31. The van der Waals surface area contributed by atoms with E-state index in [-0.39, 0.29) is 6.61 Å². The molecule has 2 aliphatic rings. The zero-order valence-electron chi connectivity index (χ0n) is 12.1. The number of aliphatic hydroxyl groups excluding tert-OH is 1. The van der Waals surface area contributed by atoms with Crippen molar-refractivity contribution in [2.45, 2.75) is 37.6 Å². The zero-order valence-corrected chi connectivity index (χ0v) is 12.9. The molecule has 1 aromatic rings. The average molecular weight is 294 g/mol. The van der Waals surface area contributed by atoms with Crippen LogP contribution in [-0.2, 0) is 0 Å². The van der Waals surface area contributed by atoms with Crippen molar-refractivity contribution in [3.05, 3.63) is 22.4 Å². The average Bonchev–Trinajstić information content (AvgIpc) is 2.91. The van der Waals surface area contributed by atoms with E-state index in [9.17, 15) is 5.11 Å². The molecule has 0 radical (unpaired) electrons. The highest BCUT2D eigenvalue weighted by Gasteiger charge is 2.29. The van der Waals surface area contributed by atoms with Crippen LogP contribution in [0.25, 0.3) is 0 Å². The summed E-state index contributed by atoms with van der Waals surface area (Å²) in [5, 5.41) is 15.2. The van der Waals surface area contributed by atoms with Crippen LogP contribution >= 0.6 is 11.3 Å². The first-order valence-corrected chi connectivity index (χ1v) is 8.83. The van der Waals surface area contributed by atoms with E-state index in [2.05, 4.69) is 27.7 Å².